The number of hydrogen-bond donors (Lipinski definition) is 0. The van der Waals surface area contributed by atoms with Crippen molar-refractivity contribution in [3.05, 3.63) is 41.1 Å². The second kappa shape index (κ2) is 8.10. The summed E-state index contributed by atoms with van der Waals surface area (Å²) in [6.45, 7) is 7.44. The summed E-state index contributed by atoms with van der Waals surface area (Å²) in [5, 5.41) is 0.509. The lowest BCUT2D eigenvalue weighted by Crippen LogP contribution is -2.41. The van der Waals surface area contributed by atoms with Crippen LogP contribution in [0.4, 0.5) is 0 Å². The average molecular weight is 405 g/mol. The van der Waals surface area contributed by atoms with Crippen LogP contribution in [0.2, 0.25) is 0 Å². The van der Waals surface area contributed by atoms with Crippen LogP contribution in [0.3, 0.4) is 0 Å². The normalized spacial score (nSPS) is 22.2. The summed E-state index contributed by atoms with van der Waals surface area (Å²) in [5.74, 6) is -0.412. The van der Waals surface area contributed by atoms with Gasteiger partial charge in [0.15, 0.2) is 5.17 Å². The zero-order chi connectivity index (χ0) is 19.7. The van der Waals surface area contributed by atoms with Gasteiger partial charge in [-0.1, -0.05) is 30.8 Å². The second-order valence-corrected chi connectivity index (χ2v) is 8.80. The Morgan fingerprint density at radius 3 is 2.56 bits per heavy atom. The number of allylic oxidation sites excluding steroid dienone is 1. The van der Waals surface area contributed by atoms with Gasteiger partial charge in [-0.2, -0.15) is 0 Å². The first-order chi connectivity index (χ1) is 12.9. The highest BCUT2D eigenvalue weighted by Crippen LogP contribution is 2.44. The Morgan fingerprint density at radius 2 is 2.00 bits per heavy atom. The number of amidine groups is 1. The quantitative estimate of drug-likeness (QED) is 0.538. The van der Waals surface area contributed by atoms with Crippen molar-refractivity contribution in [2.75, 3.05) is 6.26 Å². The number of nitrogens with zero attached hydrogens (tertiary/aromatic N) is 2. The van der Waals surface area contributed by atoms with E-state index in [1.807, 2.05) is 58.2 Å². The Bertz CT molecular complexity index is 815. The molecule has 1 fully saturated rings. The van der Waals surface area contributed by atoms with Gasteiger partial charge in [0, 0.05) is 4.90 Å². The van der Waals surface area contributed by atoms with E-state index in [2.05, 4.69) is 4.99 Å². The van der Waals surface area contributed by atoms with Gasteiger partial charge in [0.1, 0.15) is 0 Å². The molecule has 7 heteroatoms. The van der Waals surface area contributed by atoms with Crippen molar-refractivity contribution in [1.29, 1.82) is 0 Å². The molecular formula is C20H24N2O3S2. The molecule has 1 aromatic rings. The highest BCUT2D eigenvalue weighted by Gasteiger charge is 2.47. The van der Waals surface area contributed by atoms with Crippen LogP contribution in [0.15, 0.2) is 45.4 Å². The Kier molecular flexibility index (Phi) is 6.01. The molecule has 0 aromatic heterocycles. The summed E-state index contributed by atoms with van der Waals surface area (Å²) < 4.78 is 5.48. The molecule has 1 aromatic carbocycles. The molecule has 0 spiro atoms. The van der Waals surface area contributed by atoms with E-state index in [0.717, 1.165) is 16.9 Å². The predicted octanol–water partition coefficient (Wildman–Crippen LogP) is 4.40. The van der Waals surface area contributed by atoms with Crippen LogP contribution in [0.5, 0.6) is 0 Å². The van der Waals surface area contributed by atoms with Crippen molar-refractivity contribution in [2.24, 2.45) is 4.99 Å². The van der Waals surface area contributed by atoms with E-state index in [-0.39, 0.29) is 17.3 Å². The van der Waals surface area contributed by atoms with Gasteiger partial charge in [0.25, 0.3) is 0 Å². The number of fused-ring (bicyclic) bond motifs is 1. The zero-order valence-electron chi connectivity index (χ0n) is 16.2. The van der Waals surface area contributed by atoms with Crippen LogP contribution in [0.25, 0.3) is 0 Å². The average Bonchev–Trinajstić information content (AvgIpc) is 2.95. The molecule has 0 bridgehead atoms. The van der Waals surface area contributed by atoms with Gasteiger partial charge < -0.3 is 4.74 Å². The Morgan fingerprint density at radius 1 is 1.33 bits per heavy atom. The summed E-state index contributed by atoms with van der Waals surface area (Å²) in [5.41, 5.74) is 1.94. The van der Waals surface area contributed by atoms with Gasteiger partial charge in [0.05, 0.1) is 28.7 Å². The van der Waals surface area contributed by atoms with E-state index in [4.69, 9.17) is 4.74 Å². The van der Waals surface area contributed by atoms with Crippen LogP contribution in [0.1, 0.15) is 45.7 Å². The molecule has 1 saturated heterocycles. The van der Waals surface area contributed by atoms with Crippen molar-refractivity contribution >= 4 is 40.6 Å². The molecule has 1 amide bonds. The molecule has 2 atom stereocenters. The number of thioether (sulfide) groups is 2. The predicted molar refractivity (Wildman–Crippen MR) is 111 cm³/mol. The lowest BCUT2D eigenvalue weighted by molar-refractivity contribution is -0.143. The first-order valence-corrected chi connectivity index (χ1v) is 11.1. The molecule has 144 valence electrons. The molecule has 0 radical (unpaired) electrons. The van der Waals surface area contributed by atoms with E-state index < -0.39 is 12.0 Å². The Balaban J connectivity index is 2.10. The van der Waals surface area contributed by atoms with Crippen molar-refractivity contribution in [2.45, 2.75) is 56.4 Å². The maximum Gasteiger partial charge on any atom is 0.338 e. The fourth-order valence-electron chi connectivity index (χ4n) is 3.23. The van der Waals surface area contributed by atoms with Gasteiger partial charge in [-0.25, -0.2) is 9.79 Å². The first kappa shape index (κ1) is 20.0. The van der Waals surface area contributed by atoms with Gasteiger partial charge in [-0.15, -0.1) is 11.8 Å². The van der Waals surface area contributed by atoms with E-state index in [1.54, 1.807) is 16.7 Å². The number of hydrogen-bond acceptors (Lipinski definition) is 6. The number of ether oxygens (including phenoxy) is 1. The Labute approximate surface area is 168 Å². The third-order valence-corrected chi connectivity index (χ3v) is 6.58. The van der Waals surface area contributed by atoms with Crippen LogP contribution in [-0.2, 0) is 14.3 Å². The molecule has 0 N–H and O–H groups in total. The number of esters is 1. The third kappa shape index (κ3) is 3.80. The highest BCUT2D eigenvalue weighted by atomic mass is 32.2. The van der Waals surface area contributed by atoms with Gasteiger partial charge in [-0.05, 0) is 51.1 Å². The third-order valence-electron chi connectivity index (χ3n) is 4.52. The molecule has 2 heterocycles. The minimum Gasteiger partial charge on any atom is -0.459 e. The molecule has 0 unspecified atom stereocenters. The minimum atomic E-state index is -0.504. The van der Waals surface area contributed by atoms with Gasteiger partial charge in [-0.3, -0.25) is 9.69 Å². The molecule has 3 rings (SSSR count). The number of rotatable bonds is 5. The maximum absolute atomic E-state index is 13.0. The van der Waals surface area contributed by atoms with Gasteiger partial charge >= 0.3 is 5.97 Å². The number of amides is 1. The van der Waals surface area contributed by atoms with Crippen molar-refractivity contribution in [3.63, 3.8) is 0 Å². The number of carbonyl (C=O) groups excluding carboxylic acids is 2. The van der Waals surface area contributed by atoms with Crippen LogP contribution < -0.4 is 0 Å². The Hall–Kier alpha value is -1.73. The van der Waals surface area contributed by atoms with Crippen molar-refractivity contribution in [1.82, 2.24) is 4.90 Å². The molecule has 5 nitrogen and oxygen atoms in total. The fraction of sp³-hybridized carbons (Fsp3) is 0.450. The van der Waals surface area contributed by atoms with Crippen molar-refractivity contribution in [3.8, 4) is 0 Å². The smallest absolute Gasteiger partial charge is 0.338 e. The number of carbonyl (C=O) groups is 2. The van der Waals surface area contributed by atoms with E-state index >= 15 is 0 Å². The SMILES string of the molecule is CC[C@@H]1SC2=NC(C)=C(C(=O)OC(C)C)[C@@H](c3ccc(SC)cc3)N2C1=O. The molecule has 2 aliphatic heterocycles. The van der Waals surface area contributed by atoms with Crippen LogP contribution in [-0.4, -0.2) is 39.6 Å². The monoisotopic (exact) mass is 404 g/mol. The summed E-state index contributed by atoms with van der Waals surface area (Å²) in [6.07, 6.45) is 2.50. The maximum atomic E-state index is 13.0. The molecule has 27 heavy (non-hydrogen) atoms. The van der Waals surface area contributed by atoms with E-state index in [1.165, 1.54) is 11.8 Å². The summed E-state index contributed by atoms with van der Waals surface area (Å²) >= 11 is 3.13. The molecule has 0 aliphatic carbocycles. The highest BCUT2D eigenvalue weighted by molar-refractivity contribution is 8.15. The van der Waals surface area contributed by atoms with E-state index in [9.17, 15) is 9.59 Å². The van der Waals surface area contributed by atoms with Gasteiger partial charge in [0.2, 0.25) is 5.91 Å². The minimum absolute atomic E-state index is 0.00235. The summed E-state index contributed by atoms with van der Waals surface area (Å²) in [4.78, 5) is 33.3. The lowest BCUT2D eigenvalue weighted by Gasteiger charge is -2.33. The summed E-state index contributed by atoms with van der Waals surface area (Å²) in [6, 6.07) is 7.48. The lowest BCUT2D eigenvalue weighted by atomic mass is 9.94. The fourth-order valence-corrected chi connectivity index (χ4v) is 4.77. The zero-order valence-corrected chi connectivity index (χ0v) is 17.8. The summed E-state index contributed by atoms with van der Waals surface area (Å²) in [7, 11) is 0. The van der Waals surface area contributed by atoms with Crippen molar-refractivity contribution < 1.29 is 14.3 Å². The van der Waals surface area contributed by atoms with E-state index in [0.29, 0.717) is 16.4 Å². The molecule has 0 saturated carbocycles. The standard InChI is InChI=1S/C20H24N2O3S2/c1-6-15-18(23)22-17(13-7-9-14(26-5)10-8-13)16(19(24)25-11(2)3)12(4)21-20(22)27-15/h7-11,15,17H,6H2,1-5H3/t15-,17+/m0/s1. The topological polar surface area (TPSA) is 59.0 Å². The second-order valence-electron chi connectivity index (χ2n) is 6.75. The molecule has 2 aliphatic rings. The first-order valence-electron chi connectivity index (χ1n) is 9.01. The van der Waals surface area contributed by atoms with Crippen LogP contribution >= 0.6 is 23.5 Å². The number of benzene rings is 1. The number of aliphatic imine (C=N–C) groups is 1. The largest absolute Gasteiger partial charge is 0.459 e. The van der Waals surface area contributed by atoms with Crippen LogP contribution in [0, 0.1) is 0 Å². The molecular weight excluding hydrogens is 380 g/mol.